The van der Waals surface area contributed by atoms with E-state index in [1.807, 2.05) is 0 Å². The number of likely N-dealkylation sites (tertiary alicyclic amines) is 1. The first-order chi connectivity index (χ1) is 14.8. The van der Waals surface area contributed by atoms with Crippen LogP contribution in [0.4, 0.5) is 19.0 Å². The molecule has 0 saturated carbocycles. The molecule has 1 amide bonds. The van der Waals surface area contributed by atoms with Crippen LogP contribution in [0.5, 0.6) is 5.75 Å². The number of ether oxygens (including phenoxy) is 1. The first kappa shape index (κ1) is 21.5. The molecular formula is C22H27F3N4O2. The lowest BCUT2D eigenvalue weighted by Gasteiger charge is -2.41. The van der Waals surface area contributed by atoms with Crippen LogP contribution < -0.4 is 10.1 Å². The molecule has 3 heterocycles. The molecule has 0 bridgehead atoms. The molecule has 0 radical (unpaired) electrons. The molecule has 9 heteroatoms. The van der Waals surface area contributed by atoms with Crippen LogP contribution in [-0.4, -0.2) is 52.2 Å². The van der Waals surface area contributed by atoms with E-state index in [0.29, 0.717) is 30.4 Å². The lowest BCUT2D eigenvalue weighted by atomic mass is 9.86. The minimum atomic E-state index is -2.51. The largest absolute Gasteiger partial charge is 0.481 e. The van der Waals surface area contributed by atoms with Gasteiger partial charge in [0.1, 0.15) is 23.4 Å². The van der Waals surface area contributed by atoms with Gasteiger partial charge in [-0.25, -0.2) is 17.9 Å². The quantitative estimate of drug-likeness (QED) is 0.769. The Labute approximate surface area is 179 Å². The fourth-order valence-corrected chi connectivity index (χ4v) is 4.60. The second-order valence-electron chi connectivity index (χ2n) is 8.41. The normalized spacial score (nSPS) is 24.5. The molecule has 2 aromatic rings. The Balaban J connectivity index is 1.43. The third kappa shape index (κ3) is 4.65. The molecule has 4 atom stereocenters. The van der Waals surface area contributed by atoms with E-state index in [0.717, 1.165) is 12.8 Å². The lowest BCUT2D eigenvalue weighted by molar-refractivity contribution is -0.140. The maximum Gasteiger partial charge on any atom is 0.263 e. The lowest BCUT2D eigenvalue weighted by Crippen LogP contribution is -2.50. The Kier molecular flexibility index (Phi) is 6.11. The number of rotatable bonds is 5. The Hall–Kier alpha value is -2.71. The SMILES string of the molecule is Cc1cc2n(n1)[C@@H](C(F)F)C[C@@H](C1CCCN(C(=O)C(C)Oc3cccc(F)c3)C1)N2. The van der Waals surface area contributed by atoms with Crippen molar-refractivity contribution < 1.29 is 22.7 Å². The number of benzene rings is 1. The van der Waals surface area contributed by atoms with Gasteiger partial charge in [0.05, 0.1) is 5.69 Å². The average Bonchev–Trinajstić information content (AvgIpc) is 3.12. The van der Waals surface area contributed by atoms with Gasteiger partial charge in [0, 0.05) is 31.3 Å². The van der Waals surface area contributed by atoms with Crippen molar-refractivity contribution in [1.29, 1.82) is 0 Å². The van der Waals surface area contributed by atoms with Gasteiger partial charge in [0.15, 0.2) is 6.10 Å². The summed E-state index contributed by atoms with van der Waals surface area (Å²) < 4.78 is 47.8. The third-order valence-corrected chi connectivity index (χ3v) is 6.09. The predicted molar refractivity (Wildman–Crippen MR) is 110 cm³/mol. The first-order valence-corrected chi connectivity index (χ1v) is 10.6. The summed E-state index contributed by atoms with van der Waals surface area (Å²) in [5.41, 5.74) is 0.692. The van der Waals surface area contributed by atoms with E-state index in [1.165, 1.54) is 22.9 Å². The number of amides is 1. The van der Waals surface area contributed by atoms with Gasteiger partial charge in [-0.2, -0.15) is 5.10 Å². The monoisotopic (exact) mass is 436 g/mol. The van der Waals surface area contributed by atoms with Crippen LogP contribution >= 0.6 is 0 Å². The van der Waals surface area contributed by atoms with Crippen molar-refractivity contribution in [3.05, 3.63) is 41.8 Å². The highest BCUT2D eigenvalue weighted by atomic mass is 19.3. The zero-order valence-electron chi connectivity index (χ0n) is 17.6. The van der Waals surface area contributed by atoms with Crippen LogP contribution in [0.25, 0.3) is 0 Å². The molecular weight excluding hydrogens is 409 g/mol. The van der Waals surface area contributed by atoms with Crippen LogP contribution in [0, 0.1) is 18.7 Å². The number of nitrogens with one attached hydrogen (secondary N) is 1. The number of aryl methyl sites for hydroxylation is 1. The number of nitrogens with zero attached hydrogens (tertiary/aromatic N) is 3. The topological polar surface area (TPSA) is 59.4 Å². The zero-order valence-corrected chi connectivity index (χ0v) is 17.6. The van der Waals surface area contributed by atoms with Crippen LogP contribution in [0.3, 0.4) is 0 Å². The Morgan fingerprint density at radius 1 is 1.32 bits per heavy atom. The van der Waals surface area contributed by atoms with E-state index in [4.69, 9.17) is 4.74 Å². The number of hydrogen-bond donors (Lipinski definition) is 1. The number of aromatic nitrogens is 2. The van der Waals surface area contributed by atoms with Crippen molar-refractivity contribution in [1.82, 2.24) is 14.7 Å². The Bertz CT molecular complexity index is 935. The minimum absolute atomic E-state index is 0.0456. The molecule has 2 aliphatic rings. The molecule has 0 spiro atoms. The fraction of sp³-hybridized carbons (Fsp3) is 0.545. The minimum Gasteiger partial charge on any atom is -0.481 e. The molecule has 1 aromatic carbocycles. The van der Waals surface area contributed by atoms with Crippen molar-refractivity contribution >= 4 is 11.7 Å². The molecule has 4 rings (SSSR count). The summed E-state index contributed by atoms with van der Waals surface area (Å²) in [7, 11) is 0. The molecule has 1 fully saturated rings. The summed E-state index contributed by atoms with van der Waals surface area (Å²) in [6.45, 7) is 4.49. The predicted octanol–water partition coefficient (Wildman–Crippen LogP) is 4.03. The van der Waals surface area contributed by atoms with E-state index in [-0.39, 0.29) is 24.3 Å². The van der Waals surface area contributed by atoms with E-state index in [1.54, 1.807) is 30.9 Å². The molecule has 1 saturated heterocycles. The number of fused-ring (bicyclic) bond motifs is 1. The number of alkyl halides is 2. The van der Waals surface area contributed by atoms with Gasteiger partial charge in [0.2, 0.25) is 0 Å². The van der Waals surface area contributed by atoms with Gasteiger partial charge < -0.3 is 15.0 Å². The second kappa shape index (κ2) is 8.80. The van der Waals surface area contributed by atoms with Crippen molar-refractivity contribution in [3.63, 3.8) is 0 Å². The van der Waals surface area contributed by atoms with E-state index in [2.05, 4.69) is 10.4 Å². The summed E-state index contributed by atoms with van der Waals surface area (Å²) in [5, 5.41) is 7.58. The maximum absolute atomic E-state index is 13.7. The molecule has 6 nitrogen and oxygen atoms in total. The van der Waals surface area contributed by atoms with Crippen LogP contribution in [0.1, 0.15) is 37.9 Å². The molecule has 1 aromatic heterocycles. The number of carbonyl (C=O) groups is 1. The Morgan fingerprint density at radius 3 is 2.87 bits per heavy atom. The van der Waals surface area contributed by atoms with Crippen molar-refractivity contribution in [2.75, 3.05) is 18.4 Å². The third-order valence-electron chi connectivity index (χ3n) is 6.09. The van der Waals surface area contributed by atoms with Gasteiger partial charge in [-0.05, 0) is 51.2 Å². The standard InChI is InChI=1S/C22H27F3N4O2/c1-13-9-20-26-18(11-19(21(24)25)29(20)27-13)15-5-4-8-28(12-15)22(30)14(2)31-17-7-3-6-16(23)10-17/h3,6-7,9-10,14-15,18-19,21,26H,4-5,8,11-12H2,1-2H3/t14?,15?,18-,19+/m0/s1. The summed E-state index contributed by atoms with van der Waals surface area (Å²) >= 11 is 0. The average molecular weight is 436 g/mol. The molecule has 2 aliphatic heterocycles. The zero-order chi connectivity index (χ0) is 22.1. The summed E-state index contributed by atoms with van der Waals surface area (Å²) in [6, 6.07) is 6.32. The number of carbonyl (C=O) groups excluding carboxylic acids is 1. The molecule has 2 unspecified atom stereocenters. The Morgan fingerprint density at radius 2 is 2.13 bits per heavy atom. The van der Waals surface area contributed by atoms with Gasteiger partial charge in [0.25, 0.3) is 12.3 Å². The van der Waals surface area contributed by atoms with Crippen molar-refractivity contribution in [2.45, 2.75) is 57.7 Å². The summed E-state index contributed by atoms with van der Waals surface area (Å²) in [4.78, 5) is 14.7. The molecule has 31 heavy (non-hydrogen) atoms. The molecule has 1 N–H and O–H groups in total. The fourth-order valence-electron chi connectivity index (χ4n) is 4.60. The van der Waals surface area contributed by atoms with E-state index in [9.17, 15) is 18.0 Å². The highest BCUT2D eigenvalue weighted by Gasteiger charge is 2.39. The van der Waals surface area contributed by atoms with E-state index < -0.39 is 24.4 Å². The van der Waals surface area contributed by atoms with Crippen LogP contribution in [0.15, 0.2) is 30.3 Å². The van der Waals surface area contributed by atoms with Crippen molar-refractivity contribution in [2.24, 2.45) is 5.92 Å². The molecule has 0 aliphatic carbocycles. The van der Waals surface area contributed by atoms with Crippen LogP contribution in [-0.2, 0) is 4.79 Å². The number of piperidine rings is 1. The first-order valence-electron chi connectivity index (χ1n) is 10.6. The second-order valence-corrected chi connectivity index (χ2v) is 8.41. The van der Waals surface area contributed by atoms with Crippen LogP contribution in [0.2, 0.25) is 0 Å². The highest BCUT2D eigenvalue weighted by molar-refractivity contribution is 5.81. The maximum atomic E-state index is 13.7. The van der Waals surface area contributed by atoms with Gasteiger partial charge in [-0.15, -0.1) is 0 Å². The number of halogens is 3. The summed E-state index contributed by atoms with van der Waals surface area (Å²) in [5.74, 6) is 0.332. The number of hydrogen-bond acceptors (Lipinski definition) is 4. The van der Waals surface area contributed by atoms with E-state index >= 15 is 0 Å². The van der Waals surface area contributed by atoms with Gasteiger partial charge >= 0.3 is 0 Å². The van der Waals surface area contributed by atoms with Gasteiger partial charge in [-0.1, -0.05) is 6.07 Å². The number of anilines is 1. The highest BCUT2D eigenvalue weighted by Crippen LogP contribution is 2.36. The van der Waals surface area contributed by atoms with Gasteiger partial charge in [-0.3, -0.25) is 4.79 Å². The summed E-state index contributed by atoms with van der Waals surface area (Å²) in [6.07, 6.45) is -1.38. The molecule has 168 valence electrons. The smallest absolute Gasteiger partial charge is 0.263 e. The van der Waals surface area contributed by atoms with Crippen molar-refractivity contribution in [3.8, 4) is 5.75 Å².